The van der Waals surface area contributed by atoms with Gasteiger partial charge in [0.15, 0.2) is 0 Å². The topological polar surface area (TPSA) is 81.3 Å². The summed E-state index contributed by atoms with van der Waals surface area (Å²) in [5.41, 5.74) is 0.956. The third-order valence-electron chi connectivity index (χ3n) is 3.26. The summed E-state index contributed by atoms with van der Waals surface area (Å²) in [7, 11) is -4.27. The van der Waals surface area contributed by atoms with Gasteiger partial charge in [-0.1, -0.05) is 26.0 Å². The third kappa shape index (κ3) is 2.42. The molecule has 0 heterocycles. The summed E-state index contributed by atoms with van der Waals surface area (Å²) in [5.74, 6) is 0. The molecule has 0 bridgehead atoms. The number of nitriles is 1. The lowest BCUT2D eigenvalue weighted by Crippen LogP contribution is -2.24. The van der Waals surface area contributed by atoms with E-state index in [1.165, 1.54) is 0 Å². The maximum Gasteiger partial charge on any atom is 0.335 e. The minimum atomic E-state index is -4.27. The van der Waals surface area contributed by atoms with E-state index in [1.54, 1.807) is 38.1 Å². The highest BCUT2D eigenvalue weighted by Gasteiger charge is 2.45. The Morgan fingerprint density at radius 3 is 2.35 bits per heavy atom. The molecule has 0 unspecified atom stereocenters. The summed E-state index contributed by atoms with van der Waals surface area (Å²) < 4.78 is 11.7. The zero-order valence-corrected chi connectivity index (χ0v) is 10.8. The van der Waals surface area contributed by atoms with Gasteiger partial charge in [-0.25, -0.2) is 0 Å². The van der Waals surface area contributed by atoms with Crippen LogP contribution in [0.5, 0.6) is 0 Å². The summed E-state index contributed by atoms with van der Waals surface area (Å²) in [6.45, 7) is 3.50. The summed E-state index contributed by atoms with van der Waals surface area (Å²) in [5, 5.41) is 7.65. The second kappa shape index (κ2) is 5.01. The van der Waals surface area contributed by atoms with Crippen molar-refractivity contribution in [3.05, 3.63) is 35.4 Å². The first-order chi connectivity index (χ1) is 7.91. The number of benzene rings is 1. The number of nitrogens with zero attached hydrogens (tertiary/aromatic N) is 1. The van der Waals surface area contributed by atoms with Gasteiger partial charge < -0.3 is 9.79 Å². The van der Waals surface area contributed by atoms with E-state index in [9.17, 15) is 14.4 Å². The van der Waals surface area contributed by atoms with E-state index < -0.39 is 12.8 Å². The van der Waals surface area contributed by atoms with Crippen LogP contribution in [-0.4, -0.2) is 9.79 Å². The molecule has 1 aromatic carbocycles. The van der Waals surface area contributed by atoms with Crippen LogP contribution >= 0.6 is 7.60 Å². The van der Waals surface area contributed by atoms with E-state index in [4.69, 9.17) is 5.26 Å². The lowest BCUT2D eigenvalue weighted by molar-refractivity contribution is 0.315. The van der Waals surface area contributed by atoms with Crippen molar-refractivity contribution in [3.8, 4) is 6.07 Å². The highest BCUT2D eigenvalue weighted by Crippen LogP contribution is 2.60. The molecule has 0 spiro atoms. The van der Waals surface area contributed by atoms with E-state index in [0.29, 0.717) is 24.0 Å². The number of hydrogen-bond donors (Lipinski definition) is 2. The quantitative estimate of drug-likeness (QED) is 0.808. The van der Waals surface area contributed by atoms with Gasteiger partial charge in [0, 0.05) is 0 Å². The third-order valence-corrected chi connectivity index (χ3v) is 5.26. The minimum absolute atomic E-state index is 0.336. The molecule has 1 rings (SSSR count). The molecule has 92 valence electrons. The fraction of sp³-hybridized carbons (Fsp3) is 0.417. The predicted molar refractivity (Wildman–Crippen MR) is 65.5 cm³/mol. The van der Waals surface area contributed by atoms with Crippen molar-refractivity contribution in [3.63, 3.8) is 0 Å². The fourth-order valence-electron chi connectivity index (χ4n) is 2.12. The molecule has 4 nitrogen and oxygen atoms in total. The number of hydrogen-bond acceptors (Lipinski definition) is 2. The monoisotopic (exact) mass is 253 g/mol. The van der Waals surface area contributed by atoms with Crippen molar-refractivity contribution in [2.75, 3.05) is 0 Å². The van der Waals surface area contributed by atoms with Crippen LogP contribution in [0.25, 0.3) is 0 Å². The summed E-state index contributed by atoms with van der Waals surface area (Å²) in [6, 6.07) is 8.50. The molecule has 0 aliphatic carbocycles. The van der Waals surface area contributed by atoms with E-state index >= 15 is 0 Å². The summed E-state index contributed by atoms with van der Waals surface area (Å²) in [6.07, 6.45) is 0.672. The normalized spacial score (nSPS) is 12.2. The standard InChI is InChI=1S/C12H16NO3P/c1-3-12(4-2,17(14,15)16)11-7-5-6-10(8-11)9-13/h5-8H,3-4H2,1-2H3,(H2,14,15,16). The molecule has 0 fully saturated rings. The predicted octanol–water partition coefficient (Wildman–Crippen LogP) is 2.75. The van der Waals surface area contributed by atoms with Gasteiger partial charge in [0.05, 0.1) is 16.8 Å². The molecule has 0 saturated carbocycles. The molecule has 17 heavy (non-hydrogen) atoms. The Morgan fingerprint density at radius 1 is 1.35 bits per heavy atom. The van der Waals surface area contributed by atoms with Crippen LogP contribution in [-0.2, 0) is 9.72 Å². The van der Waals surface area contributed by atoms with Crippen LogP contribution in [0.15, 0.2) is 24.3 Å². The first kappa shape index (κ1) is 13.9. The smallest absolute Gasteiger partial charge is 0.324 e. The number of rotatable bonds is 4. The Bertz CT molecular complexity index is 483. The Hall–Kier alpha value is -1.14. The largest absolute Gasteiger partial charge is 0.335 e. The van der Waals surface area contributed by atoms with Gasteiger partial charge in [-0.2, -0.15) is 5.26 Å². The zero-order chi connectivity index (χ0) is 13.1. The Kier molecular flexibility index (Phi) is 4.11. The summed E-state index contributed by atoms with van der Waals surface area (Å²) >= 11 is 0. The van der Waals surface area contributed by atoms with E-state index in [0.717, 1.165) is 0 Å². The SMILES string of the molecule is CCC(CC)(c1cccc(C#N)c1)P(=O)(O)O. The van der Waals surface area contributed by atoms with Crippen LogP contribution in [0.4, 0.5) is 0 Å². The molecule has 1 aromatic rings. The van der Waals surface area contributed by atoms with Gasteiger partial charge in [0.25, 0.3) is 0 Å². The molecule has 0 saturated heterocycles. The molecule has 0 atom stereocenters. The van der Waals surface area contributed by atoms with Gasteiger partial charge in [0.2, 0.25) is 0 Å². The maximum atomic E-state index is 11.7. The van der Waals surface area contributed by atoms with Gasteiger partial charge in [-0.05, 0) is 30.5 Å². The molecular weight excluding hydrogens is 237 g/mol. The lowest BCUT2D eigenvalue weighted by Gasteiger charge is -2.32. The zero-order valence-electron chi connectivity index (χ0n) is 9.92. The van der Waals surface area contributed by atoms with Crippen LogP contribution < -0.4 is 0 Å². The average Bonchev–Trinajstić information content (AvgIpc) is 2.30. The van der Waals surface area contributed by atoms with Crippen molar-refractivity contribution < 1.29 is 14.4 Å². The van der Waals surface area contributed by atoms with Crippen LogP contribution in [0.1, 0.15) is 37.8 Å². The van der Waals surface area contributed by atoms with Gasteiger partial charge in [-0.3, -0.25) is 4.57 Å². The maximum absolute atomic E-state index is 11.7. The molecule has 0 radical (unpaired) electrons. The minimum Gasteiger partial charge on any atom is -0.324 e. The van der Waals surface area contributed by atoms with Crippen molar-refractivity contribution in [1.82, 2.24) is 0 Å². The second-order valence-corrected chi connectivity index (χ2v) is 5.92. The first-order valence-corrected chi connectivity index (χ1v) is 7.08. The summed E-state index contributed by atoms with van der Waals surface area (Å²) in [4.78, 5) is 19.1. The van der Waals surface area contributed by atoms with E-state index in [2.05, 4.69) is 0 Å². The molecule has 5 heteroatoms. The van der Waals surface area contributed by atoms with Crippen LogP contribution in [0.2, 0.25) is 0 Å². The molecule has 2 N–H and O–H groups in total. The van der Waals surface area contributed by atoms with Crippen LogP contribution in [0, 0.1) is 11.3 Å². The fourth-order valence-corrected chi connectivity index (χ4v) is 3.42. The van der Waals surface area contributed by atoms with E-state index in [-0.39, 0.29) is 0 Å². The second-order valence-electron chi connectivity index (χ2n) is 3.98. The molecular formula is C12H16NO3P. The highest BCUT2D eigenvalue weighted by atomic mass is 31.2. The Balaban J connectivity index is 3.43. The van der Waals surface area contributed by atoms with Crippen molar-refractivity contribution in [1.29, 1.82) is 5.26 Å². The Morgan fingerprint density at radius 2 is 1.94 bits per heavy atom. The van der Waals surface area contributed by atoms with Crippen molar-refractivity contribution in [2.45, 2.75) is 31.8 Å². The van der Waals surface area contributed by atoms with Crippen molar-refractivity contribution in [2.24, 2.45) is 0 Å². The van der Waals surface area contributed by atoms with Gasteiger partial charge in [-0.15, -0.1) is 0 Å². The van der Waals surface area contributed by atoms with Gasteiger partial charge >= 0.3 is 7.60 Å². The molecule has 0 aromatic heterocycles. The average molecular weight is 253 g/mol. The van der Waals surface area contributed by atoms with Crippen molar-refractivity contribution >= 4 is 7.60 Å². The molecule has 0 aliphatic rings. The molecule has 0 aliphatic heterocycles. The molecule has 0 amide bonds. The highest BCUT2D eigenvalue weighted by molar-refractivity contribution is 7.53. The first-order valence-electron chi connectivity index (χ1n) is 5.47. The van der Waals surface area contributed by atoms with Gasteiger partial charge in [0.1, 0.15) is 0 Å². The Labute approximate surface area is 101 Å². The lowest BCUT2D eigenvalue weighted by atomic mass is 9.91. The van der Waals surface area contributed by atoms with Crippen LogP contribution in [0.3, 0.4) is 0 Å². The van der Waals surface area contributed by atoms with E-state index in [1.807, 2.05) is 6.07 Å².